The summed E-state index contributed by atoms with van der Waals surface area (Å²) >= 11 is 0. The van der Waals surface area contributed by atoms with E-state index in [-0.39, 0.29) is 0 Å². The molecular formula is C14H19N3O2S. The number of benzene rings is 1. The van der Waals surface area contributed by atoms with Gasteiger partial charge in [-0.1, -0.05) is 12.1 Å². The maximum absolute atomic E-state index is 11.3. The van der Waals surface area contributed by atoms with Gasteiger partial charge in [-0.2, -0.15) is 0 Å². The molecule has 0 aliphatic rings. The zero-order chi connectivity index (χ0) is 14.6. The summed E-state index contributed by atoms with van der Waals surface area (Å²) in [7, 11) is -1.13. The number of nitrogens with one attached hydrogen (secondary N) is 1. The van der Waals surface area contributed by atoms with Crippen molar-refractivity contribution in [3.05, 3.63) is 48.0 Å². The Hall–Kier alpha value is -1.66. The maximum atomic E-state index is 11.3. The molecule has 0 radical (unpaired) electrons. The molecule has 0 spiro atoms. The lowest BCUT2D eigenvalue weighted by atomic mass is 10.2. The maximum Gasteiger partial charge on any atom is 0.175 e. The van der Waals surface area contributed by atoms with E-state index in [1.807, 2.05) is 29.9 Å². The van der Waals surface area contributed by atoms with Crippen molar-refractivity contribution in [2.75, 3.05) is 12.8 Å². The van der Waals surface area contributed by atoms with Gasteiger partial charge in [-0.15, -0.1) is 0 Å². The first-order valence-corrected chi connectivity index (χ1v) is 8.32. The molecule has 0 fully saturated rings. The molecular weight excluding hydrogens is 274 g/mol. The number of rotatable bonds is 6. The fraction of sp³-hybridized carbons (Fsp3) is 0.357. The van der Waals surface area contributed by atoms with E-state index < -0.39 is 9.84 Å². The largest absolute Gasteiger partial charge is 0.338 e. The first-order valence-electron chi connectivity index (χ1n) is 6.43. The fourth-order valence-electron chi connectivity index (χ4n) is 1.92. The van der Waals surface area contributed by atoms with Crippen LogP contribution in [0.3, 0.4) is 0 Å². The lowest BCUT2D eigenvalue weighted by molar-refractivity contribution is 0.601. The molecule has 1 aromatic heterocycles. The Morgan fingerprint density at radius 2 is 1.95 bits per heavy atom. The molecule has 0 aliphatic heterocycles. The van der Waals surface area contributed by atoms with Crippen molar-refractivity contribution in [3.63, 3.8) is 0 Å². The number of imidazole rings is 1. The third-order valence-corrected chi connectivity index (χ3v) is 4.26. The lowest BCUT2D eigenvalue weighted by Gasteiger charge is -2.06. The topological polar surface area (TPSA) is 64.0 Å². The fourth-order valence-corrected chi connectivity index (χ4v) is 2.56. The van der Waals surface area contributed by atoms with E-state index in [9.17, 15) is 8.42 Å². The number of hydrogen-bond acceptors (Lipinski definition) is 4. The zero-order valence-corrected chi connectivity index (χ0v) is 12.5. The van der Waals surface area contributed by atoms with Gasteiger partial charge in [0.15, 0.2) is 9.84 Å². The molecule has 2 rings (SSSR count). The third-order valence-electron chi connectivity index (χ3n) is 3.13. The van der Waals surface area contributed by atoms with Crippen LogP contribution in [-0.4, -0.2) is 30.8 Å². The molecule has 0 unspecified atom stereocenters. The van der Waals surface area contributed by atoms with E-state index in [4.69, 9.17) is 0 Å². The van der Waals surface area contributed by atoms with E-state index >= 15 is 0 Å². The Morgan fingerprint density at radius 1 is 1.25 bits per heavy atom. The van der Waals surface area contributed by atoms with Crippen molar-refractivity contribution in [1.29, 1.82) is 0 Å². The number of aryl methyl sites for hydroxylation is 1. The molecule has 0 atom stereocenters. The molecule has 0 aliphatic carbocycles. The smallest absolute Gasteiger partial charge is 0.175 e. The number of hydrogen-bond donors (Lipinski definition) is 1. The minimum absolute atomic E-state index is 0.356. The average molecular weight is 293 g/mol. The first kappa shape index (κ1) is 14.7. The Morgan fingerprint density at radius 3 is 2.50 bits per heavy atom. The van der Waals surface area contributed by atoms with Crippen molar-refractivity contribution < 1.29 is 8.42 Å². The highest BCUT2D eigenvalue weighted by atomic mass is 32.2. The molecule has 6 heteroatoms. The molecule has 0 saturated carbocycles. The average Bonchev–Trinajstić information content (AvgIpc) is 2.80. The summed E-state index contributed by atoms with van der Waals surface area (Å²) < 4.78 is 24.7. The molecule has 1 N–H and O–H groups in total. The Kier molecular flexibility index (Phi) is 4.57. The van der Waals surface area contributed by atoms with Crippen LogP contribution in [0.25, 0.3) is 0 Å². The molecule has 2 aromatic rings. The lowest BCUT2D eigenvalue weighted by Crippen LogP contribution is -2.18. The highest BCUT2D eigenvalue weighted by molar-refractivity contribution is 7.90. The van der Waals surface area contributed by atoms with Gasteiger partial charge in [0, 0.05) is 45.2 Å². The summed E-state index contributed by atoms with van der Waals surface area (Å²) in [6.07, 6.45) is 5.80. The minimum Gasteiger partial charge on any atom is -0.338 e. The Balaban J connectivity index is 1.81. The van der Waals surface area contributed by atoms with Crippen LogP contribution < -0.4 is 5.32 Å². The summed E-state index contributed by atoms with van der Waals surface area (Å²) in [5.41, 5.74) is 1.07. The highest BCUT2D eigenvalue weighted by Gasteiger charge is 2.05. The second-order valence-corrected chi connectivity index (χ2v) is 6.81. The molecule has 108 valence electrons. The van der Waals surface area contributed by atoms with E-state index in [0.29, 0.717) is 11.4 Å². The zero-order valence-electron chi connectivity index (χ0n) is 11.7. The van der Waals surface area contributed by atoms with Crippen LogP contribution in [0.1, 0.15) is 11.4 Å². The van der Waals surface area contributed by atoms with Gasteiger partial charge in [0.2, 0.25) is 0 Å². The molecule has 0 amide bonds. The van der Waals surface area contributed by atoms with Crippen molar-refractivity contribution in [2.45, 2.75) is 17.9 Å². The number of aromatic nitrogens is 2. The summed E-state index contributed by atoms with van der Waals surface area (Å²) in [6, 6.07) is 6.96. The summed E-state index contributed by atoms with van der Waals surface area (Å²) in [6.45, 7) is 1.55. The molecule has 1 aromatic carbocycles. The van der Waals surface area contributed by atoms with Crippen molar-refractivity contribution in [3.8, 4) is 0 Å². The Bertz CT molecular complexity index is 660. The van der Waals surface area contributed by atoms with Gasteiger partial charge in [-0.05, 0) is 17.7 Å². The van der Waals surface area contributed by atoms with Gasteiger partial charge in [0.25, 0.3) is 0 Å². The number of nitrogens with zero attached hydrogens (tertiary/aromatic N) is 2. The van der Waals surface area contributed by atoms with E-state index in [0.717, 1.165) is 24.4 Å². The minimum atomic E-state index is -3.11. The van der Waals surface area contributed by atoms with Gasteiger partial charge in [-0.3, -0.25) is 0 Å². The van der Waals surface area contributed by atoms with Crippen LogP contribution in [0.4, 0.5) is 0 Å². The third kappa shape index (κ3) is 3.91. The van der Waals surface area contributed by atoms with E-state index in [1.54, 1.807) is 18.3 Å². The molecule has 0 bridgehead atoms. The van der Waals surface area contributed by atoms with Crippen LogP contribution in [-0.2, 0) is 29.9 Å². The predicted molar refractivity (Wildman–Crippen MR) is 78.2 cm³/mol. The van der Waals surface area contributed by atoms with Crippen molar-refractivity contribution in [1.82, 2.24) is 14.9 Å². The van der Waals surface area contributed by atoms with Crippen LogP contribution in [0.2, 0.25) is 0 Å². The van der Waals surface area contributed by atoms with E-state index in [2.05, 4.69) is 10.3 Å². The van der Waals surface area contributed by atoms with Crippen LogP contribution in [0.15, 0.2) is 41.6 Å². The standard InChI is InChI=1S/C14H19N3O2S/c1-17-10-9-16-14(17)7-8-15-11-12-3-5-13(6-4-12)20(2,18)19/h3-6,9-10,15H,7-8,11H2,1-2H3. The van der Waals surface area contributed by atoms with Crippen molar-refractivity contribution >= 4 is 9.84 Å². The van der Waals surface area contributed by atoms with E-state index in [1.165, 1.54) is 6.26 Å². The second-order valence-electron chi connectivity index (χ2n) is 4.80. The molecule has 1 heterocycles. The second kappa shape index (κ2) is 6.19. The molecule has 0 saturated heterocycles. The monoisotopic (exact) mass is 293 g/mol. The normalized spacial score (nSPS) is 11.7. The van der Waals surface area contributed by atoms with Gasteiger partial charge >= 0.3 is 0 Å². The summed E-state index contributed by atoms with van der Waals surface area (Å²) in [5, 5.41) is 3.32. The SMILES string of the molecule is Cn1ccnc1CCNCc1ccc(S(C)(=O)=O)cc1. The highest BCUT2D eigenvalue weighted by Crippen LogP contribution is 2.10. The van der Waals surface area contributed by atoms with Gasteiger partial charge in [0.05, 0.1) is 4.90 Å². The number of sulfone groups is 1. The van der Waals surface area contributed by atoms with Gasteiger partial charge in [-0.25, -0.2) is 13.4 Å². The van der Waals surface area contributed by atoms with Crippen molar-refractivity contribution in [2.24, 2.45) is 7.05 Å². The van der Waals surface area contributed by atoms with Crippen LogP contribution in [0.5, 0.6) is 0 Å². The molecule has 5 nitrogen and oxygen atoms in total. The Labute approximate surface area is 119 Å². The molecule has 20 heavy (non-hydrogen) atoms. The predicted octanol–water partition coefficient (Wildman–Crippen LogP) is 1.16. The summed E-state index contributed by atoms with van der Waals surface area (Å²) in [5.74, 6) is 1.05. The summed E-state index contributed by atoms with van der Waals surface area (Å²) in [4.78, 5) is 4.61. The van der Waals surface area contributed by atoms with Crippen LogP contribution >= 0.6 is 0 Å². The van der Waals surface area contributed by atoms with Crippen LogP contribution in [0, 0.1) is 0 Å². The van der Waals surface area contributed by atoms with Gasteiger partial charge < -0.3 is 9.88 Å². The first-order chi connectivity index (χ1) is 9.47. The van der Waals surface area contributed by atoms with Gasteiger partial charge in [0.1, 0.15) is 5.82 Å². The quantitative estimate of drug-likeness (QED) is 0.812.